The van der Waals surface area contributed by atoms with Crippen molar-refractivity contribution in [2.75, 3.05) is 7.11 Å². The topological polar surface area (TPSA) is 82.1 Å². The van der Waals surface area contributed by atoms with Gasteiger partial charge in [-0.15, -0.1) is 0 Å². The van der Waals surface area contributed by atoms with E-state index in [-0.39, 0.29) is 12.4 Å². The highest BCUT2D eigenvalue weighted by Gasteiger charge is 2.03. The molecule has 39 heavy (non-hydrogen) atoms. The number of aryl methyl sites for hydroxylation is 2. The Morgan fingerprint density at radius 1 is 0.564 bits per heavy atom. The Hall–Kier alpha value is -4.58. The normalized spacial score (nSPS) is 10.1. The van der Waals surface area contributed by atoms with Gasteiger partial charge in [-0.05, 0) is 59.4 Å². The molecule has 0 fully saturated rings. The Morgan fingerprint density at radius 3 is 1.36 bits per heavy atom. The third-order valence-electron chi connectivity index (χ3n) is 5.82. The Bertz CT molecular complexity index is 1250. The van der Waals surface area contributed by atoms with Crippen molar-refractivity contribution in [3.8, 4) is 11.5 Å². The second-order valence-electron chi connectivity index (χ2n) is 8.81. The average molecular weight is 527 g/mol. The molecule has 0 unspecified atom stereocenters. The molecule has 1 N–H and O–H groups in total. The zero-order chi connectivity index (χ0) is 27.7. The second-order valence-corrected chi connectivity index (χ2v) is 8.81. The summed E-state index contributed by atoms with van der Waals surface area (Å²) in [5.74, 6) is 0.664. The third-order valence-corrected chi connectivity index (χ3v) is 5.82. The monoisotopic (exact) mass is 526 g/mol. The van der Waals surface area contributed by atoms with Gasteiger partial charge in [-0.1, -0.05) is 84.9 Å². The molecule has 0 saturated carbocycles. The maximum absolute atomic E-state index is 11.1. The van der Waals surface area contributed by atoms with E-state index >= 15 is 0 Å². The number of hydrogen-bond acceptors (Lipinski definition) is 5. The van der Waals surface area contributed by atoms with Crippen molar-refractivity contribution < 1.29 is 28.9 Å². The van der Waals surface area contributed by atoms with Crippen molar-refractivity contribution in [2.45, 2.75) is 38.9 Å². The molecular formula is C33H34O6. The summed E-state index contributed by atoms with van der Waals surface area (Å²) in [7, 11) is 1.41. The molecule has 202 valence electrons. The molecule has 0 heterocycles. The predicted molar refractivity (Wildman–Crippen MR) is 151 cm³/mol. The van der Waals surface area contributed by atoms with E-state index < -0.39 is 5.97 Å². The molecular weight excluding hydrogens is 492 g/mol. The molecule has 6 heteroatoms. The van der Waals surface area contributed by atoms with Crippen molar-refractivity contribution >= 4 is 11.9 Å². The Labute approximate surface area is 229 Å². The largest absolute Gasteiger partial charge is 0.489 e. The van der Waals surface area contributed by atoms with Gasteiger partial charge >= 0.3 is 11.9 Å². The first-order valence-corrected chi connectivity index (χ1v) is 12.8. The van der Waals surface area contributed by atoms with Crippen LogP contribution in [-0.4, -0.2) is 24.2 Å². The molecule has 0 saturated heterocycles. The maximum Gasteiger partial charge on any atom is 0.305 e. The van der Waals surface area contributed by atoms with Gasteiger partial charge in [-0.2, -0.15) is 0 Å². The molecule has 4 rings (SSSR count). The van der Waals surface area contributed by atoms with Crippen molar-refractivity contribution in [2.24, 2.45) is 0 Å². The zero-order valence-electron chi connectivity index (χ0n) is 22.1. The predicted octanol–water partition coefficient (Wildman–Crippen LogP) is 6.65. The number of benzene rings is 4. The van der Waals surface area contributed by atoms with E-state index in [0.29, 0.717) is 32.5 Å². The molecule has 0 aromatic heterocycles. The lowest BCUT2D eigenvalue weighted by Crippen LogP contribution is -2.01. The van der Waals surface area contributed by atoms with Crippen LogP contribution >= 0.6 is 0 Å². The first-order chi connectivity index (χ1) is 19.0. The number of carbonyl (C=O) groups is 2. The van der Waals surface area contributed by atoms with Gasteiger partial charge in [0.05, 0.1) is 7.11 Å². The minimum atomic E-state index is -0.774. The fourth-order valence-electron chi connectivity index (χ4n) is 3.59. The molecule has 0 radical (unpaired) electrons. The minimum Gasteiger partial charge on any atom is -0.489 e. The smallest absolute Gasteiger partial charge is 0.305 e. The van der Waals surface area contributed by atoms with Gasteiger partial charge in [-0.3, -0.25) is 9.59 Å². The van der Waals surface area contributed by atoms with Gasteiger partial charge in [0.25, 0.3) is 0 Å². The van der Waals surface area contributed by atoms with Gasteiger partial charge in [0, 0.05) is 12.8 Å². The van der Waals surface area contributed by atoms with Crippen LogP contribution in [0.1, 0.15) is 35.1 Å². The number of carboxylic acid groups (broad SMARTS) is 1. The van der Waals surface area contributed by atoms with Crippen LogP contribution in [0.5, 0.6) is 11.5 Å². The van der Waals surface area contributed by atoms with E-state index in [1.807, 2.05) is 109 Å². The number of ether oxygens (including phenoxy) is 3. The highest BCUT2D eigenvalue weighted by molar-refractivity contribution is 5.69. The molecule has 0 spiro atoms. The summed E-state index contributed by atoms with van der Waals surface area (Å²) in [5, 5.41) is 8.61. The number of hydrogen-bond donors (Lipinski definition) is 1. The van der Waals surface area contributed by atoms with E-state index in [4.69, 9.17) is 14.6 Å². The molecule has 0 atom stereocenters. The fraction of sp³-hybridized carbons (Fsp3) is 0.212. The van der Waals surface area contributed by atoms with Gasteiger partial charge in [0.2, 0.25) is 0 Å². The molecule has 0 aliphatic heterocycles. The maximum atomic E-state index is 11.1. The van der Waals surface area contributed by atoms with E-state index in [0.717, 1.165) is 33.8 Å². The summed E-state index contributed by atoms with van der Waals surface area (Å²) >= 11 is 0. The van der Waals surface area contributed by atoms with E-state index in [2.05, 4.69) is 4.74 Å². The molecule has 4 aromatic rings. The van der Waals surface area contributed by atoms with Crippen LogP contribution in [0.15, 0.2) is 109 Å². The van der Waals surface area contributed by atoms with Crippen molar-refractivity contribution in [3.63, 3.8) is 0 Å². The summed E-state index contributed by atoms with van der Waals surface area (Å²) in [6.07, 6.45) is 1.80. The van der Waals surface area contributed by atoms with Crippen molar-refractivity contribution in [1.82, 2.24) is 0 Å². The van der Waals surface area contributed by atoms with Crippen LogP contribution < -0.4 is 9.47 Å². The van der Waals surface area contributed by atoms with Gasteiger partial charge < -0.3 is 19.3 Å². The molecule has 0 amide bonds. The van der Waals surface area contributed by atoms with Crippen LogP contribution in [0.4, 0.5) is 0 Å². The van der Waals surface area contributed by atoms with Crippen LogP contribution in [-0.2, 0) is 40.4 Å². The summed E-state index contributed by atoms with van der Waals surface area (Å²) in [6.45, 7) is 1.09. The summed E-state index contributed by atoms with van der Waals surface area (Å²) < 4.78 is 16.0. The summed E-state index contributed by atoms with van der Waals surface area (Å²) in [5.41, 5.74) is 4.37. The molecule has 4 aromatic carbocycles. The van der Waals surface area contributed by atoms with Crippen LogP contribution in [0.3, 0.4) is 0 Å². The minimum absolute atomic E-state index is 0.157. The molecule has 0 aliphatic carbocycles. The van der Waals surface area contributed by atoms with E-state index in [1.54, 1.807) is 0 Å². The van der Waals surface area contributed by atoms with E-state index in [1.165, 1.54) is 7.11 Å². The van der Waals surface area contributed by atoms with Crippen LogP contribution in [0, 0.1) is 0 Å². The first-order valence-electron chi connectivity index (χ1n) is 12.8. The molecule has 0 bridgehead atoms. The molecule has 0 aliphatic rings. The van der Waals surface area contributed by atoms with Gasteiger partial charge in [0.1, 0.15) is 24.7 Å². The van der Waals surface area contributed by atoms with Crippen LogP contribution in [0.2, 0.25) is 0 Å². The number of rotatable bonds is 12. The van der Waals surface area contributed by atoms with Crippen molar-refractivity contribution in [3.05, 3.63) is 131 Å². The SMILES string of the molecule is COC(=O)CCc1ccc(OCc2ccccc2)cc1.O=C(O)CCc1ccc(OCc2ccccc2)cc1. The lowest BCUT2D eigenvalue weighted by atomic mass is 10.1. The highest BCUT2D eigenvalue weighted by atomic mass is 16.5. The fourth-order valence-corrected chi connectivity index (χ4v) is 3.59. The number of esters is 1. The van der Waals surface area contributed by atoms with Crippen LogP contribution in [0.25, 0.3) is 0 Å². The Kier molecular flexibility index (Phi) is 12.1. The quantitative estimate of drug-likeness (QED) is 0.208. The number of methoxy groups -OCH3 is 1. The number of carbonyl (C=O) groups excluding carboxylic acids is 1. The second kappa shape index (κ2) is 16.3. The third kappa shape index (κ3) is 11.6. The lowest BCUT2D eigenvalue weighted by Gasteiger charge is -2.07. The number of aliphatic carboxylic acids is 1. The number of carboxylic acids is 1. The Morgan fingerprint density at radius 2 is 0.974 bits per heavy atom. The van der Waals surface area contributed by atoms with Gasteiger partial charge in [0.15, 0.2) is 0 Å². The lowest BCUT2D eigenvalue weighted by molar-refractivity contribution is -0.140. The summed E-state index contributed by atoms with van der Waals surface area (Å²) in [6, 6.07) is 35.4. The average Bonchev–Trinajstić information content (AvgIpc) is 2.99. The standard InChI is InChI=1S/C17H18O3.C16H16O3/c1-19-17(18)12-9-14-7-10-16(11-8-14)20-13-15-5-3-2-4-6-15;17-16(18)11-8-13-6-9-15(10-7-13)19-12-14-4-2-1-3-5-14/h2-8,10-11H,9,12-13H2,1H3;1-7,9-10H,8,11-12H2,(H,17,18). The Balaban J connectivity index is 0.000000216. The highest BCUT2D eigenvalue weighted by Crippen LogP contribution is 2.16. The molecule has 6 nitrogen and oxygen atoms in total. The van der Waals surface area contributed by atoms with Gasteiger partial charge in [-0.25, -0.2) is 0 Å². The van der Waals surface area contributed by atoms with E-state index in [9.17, 15) is 9.59 Å². The summed E-state index contributed by atoms with van der Waals surface area (Å²) in [4.78, 5) is 21.5. The zero-order valence-corrected chi connectivity index (χ0v) is 22.1. The first kappa shape index (κ1) is 29.0. The van der Waals surface area contributed by atoms with Crippen molar-refractivity contribution in [1.29, 1.82) is 0 Å².